The largest absolute Gasteiger partial charge is 0.393 e. The van der Waals surface area contributed by atoms with Gasteiger partial charge in [-0.2, -0.15) is 0 Å². The second-order valence-corrected chi connectivity index (χ2v) is 10.9. The Bertz CT molecular complexity index is 1430. The average Bonchev–Trinajstić information content (AvgIpc) is 3.34. The number of hydrogen-bond acceptors (Lipinski definition) is 8. The first-order valence-electron chi connectivity index (χ1n) is 11.7. The first-order valence-corrected chi connectivity index (χ1v) is 13.4. The fourth-order valence-corrected chi connectivity index (χ4v) is 5.32. The molecule has 0 aliphatic carbocycles. The highest BCUT2D eigenvalue weighted by Crippen LogP contribution is 2.28. The van der Waals surface area contributed by atoms with Gasteiger partial charge in [0.05, 0.1) is 28.0 Å². The Hall–Kier alpha value is -3.50. The Balaban J connectivity index is 1.41. The topological polar surface area (TPSA) is 124 Å². The zero-order valence-corrected chi connectivity index (χ0v) is 20.3. The number of hydrogen-bond donors (Lipinski definition) is 3. The lowest BCUT2D eigenvalue weighted by atomic mass is 10.1. The summed E-state index contributed by atoms with van der Waals surface area (Å²) in [6.45, 7) is 3.22. The minimum Gasteiger partial charge on any atom is -0.393 e. The molecule has 10 heteroatoms. The number of nitrogens with zero attached hydrogens (tertiary/aromatic N) is 4. The van der Waals surface area contributed by atoms with Gasteiger partial charge in [0, 0.05) is 31.9 Å². The van der Waals surface area contributed by atoms with Crippen LogP contribution in [0.1, 0.15) is 31.2 Å². The van der Waals surface area contributed by atoms with Crippen LogP contribution in [0.5, 0.6) is 0 Å². The second kappa shape index (κ2) is 9.63. The highest BCUT2D eigenvalue weighted by atomic mass is 32.2. The first kappa shape index (κ1) is 23.3. The summed E-state index contributed by atoms with van der Waals surface area (Å²) in [5.74, 6) is 2.04. The van der Waals surface area contributed by atoms with Crippen molar-refractivity contribution in [2.45, 2.75) is 37.2 Å². The van der Waals surface area contributed by atoms with Gasteiger partial charge in [-0.25, -0.2) is 23.4 Å². The second-order valence-electron chi connectivity index (χ2n) is 8.67. The number of pyridine rings is 1. The zero-order valence-electron chi connectivity index (χ0n) is 19.5. The smallest absolute Gasteiger partial charge is 0.180 e. The molecule has 0 atom stereocenters. The number of aromatic nitrogens is 4. The number of sulfone groups is 1. The summed E-state index contributed by atoms with van der Waals surface area (Å²) in [6, 6.07) is 12.7. The molecule has 9 nitrogen and oxygen atoms in total. The van der Waals surface area contributed by atoms with Gasteiger partial charge < -0.3 is 20.3 Å². The summed E-state index contributed by atoms with van der Waals surface area (Å²) in [7, 11) is -3.41. The minimum absolute atomic E-state index is 0.0135. The lowest BCUT2D eigenvalue weighted by Crippen LogP contribution is -2.36. The number of aliphatic hydroxyl groups is 1. The molecule has 0 amide bonds. The van der Waals surface area contributed by atoms with Crippen LogP contribution < -0.4 is 10.2 Å². The fraction of sp³-hybridized carbons (Fsp3) is 0.320. The summed E-state index contributed by atoms with van der Waals surface area (Å²) in [5.41, 5.74) is 2.90. The number of rotatable bonds is 7. The van der Waals surface area contributed by atoms with E-state index in [0.29, 0.717) is 29.3 Å². The van der Waals surface area contributed by atoms with Crippen molar-refractivity contribution < 1.29 is 13.5 Å². The maximum absolute atomic E-state index is 12.6. The molecule has 1 saturated heterocycles. The summed E-state index contributed by atoms with van der Waals surface area (Å²) < 4.78 is 25.2. The molecule has 3 N–H and O–H groups in total. The Morgan fingerprint density at radius 2 is 1.91 bits per heavy atom. The molecule has 182 valence electrons. The third-order valence-electron chi connectivity index (χ3n) is 6.27. The Kier molecular flexibility index (Phi) is 6.40. The van der Waals surface area contributed by atoms with Crippen molar-refractivity contribution in [1.82, 2.24) is 19.9 Å². The summed E-state index contributed by atoms with van der Waals surface area (Å²) in [4.78, 5) is 19.6. The van der Waals surface area contributed by atoms with Crippen LogP contribution in [0.3, 0.4) is 0 Å². The number of para-hydroxylation sites is 1. The number of benzene rings is 1. The van der Waals surface area contributed by atoms with Gasteiger partial charge in [-0.05, 0) is 42.7 Å². The normalized spacial score (nSPS) is 15.0. The van der Waals surface area contributed by atoms with Crippen LogP contribution in [-0.2, 0) is 16.3 Å². The van der Waals surface area contributed by atoms with Crippen molar-refractivity contribution >= 4 is 38.2 Å². The average molecular weight is 493 g/mol. The van der Waals surface area contributed by atoms with Gasteiger partial charge in [0.1, 0.15) is 17.2 Å². The molecule has 0 bridgehead atoms. The van der Waals surface area contributed by atoms with Gasteiger partial charge in [0.25, 0.3) is 0 Å². The number of fused-ring (bicyclic) bond motifs is 1. The molecule has 35 heavy (non-hydrogen) atoms. The van der Waals surface area contributed by atoms with Gasteiger partial charge in [-0.3, -0.25) is 0 Å². The minimum atomic E-state index is -3.41. The lowest BCUT2D eigenvalue weighted by molar-refractivity contribution is 0.145. The van der Waals surface area contributed by atoms with E-state index in [1.54, 1.807) is 37.4 Å². The van der Waals surface area contributed by atoms with Gasteiger partial charge in [0.2, 0.25) is 0 Å². The molecule has 0 spiro atoms. The molecule has 0 radical (unpaired) electrons. The van der Waals surface area contributed by atoms with Crippen LogP contribution >= 0.6 is 0 Å². The molecule has 0 saturated carbocycles. The molecule has 4 heterocycles. The van der Waals surface area contributed by atoms with Crippen LogP contribution in [0.15, 0.2) is 59.8 Å². The quantitative estimate of drug-likeness (QED) is 0.358. The number of nitrogens with one attached hydrogen (secondary N) is 2. The molecule has 1 aliphatic rings. The van der Waals surface area contributed by atoms with Crippen LogP contribution in [-0.4, -0.2) is 58.4 Å². The SMILES string of the molecule is CCS(=O)(=O)c1ccccc1Nc1nc(Cc2ccc(N3CCC(O)CC3)nc2)nc2cc[nH]c12. The standard InChI is InChI=1S/C25H28N6O3S/c1-2-35(33,34)21-6-4-3-5-19(21)29-25-24-20(9-12-26-24)28-22(30-25)15-17-7-8-23(27-16-17)31-13-10-18(32)11-14-31/h3-9,12,16,18,26,32H,2,10-11,13-15H2,1H3,(H,28,29,30). The van der Waals surface area contributed by atoms with Crippen LogP contribution in [0.2, 0.25) is 0 Å². The molecule has 1 aliphatic heterocycles. The maximum Gasteiger partial charge on any atom is 0.180 e. The molecule has 5 rings (SSSR count). The van der Waals surface area contributed by atoms with E-state index in [2.05, 4.69) is 25.2 Å². The predicted octanol–water partition coefficient (Wildman–Crippen LogP) is 3.44. The van der Waals surface area contributed by atoms with E-state index in [4.69, 9.17) is 4.98 Å². The first-order chi connectivity index (χ1) is 16.9. The molecule has 3 aromatic heterocycles. The maximum atomic E-state index is 12.6. The monoisotopic (exact) mass is 492 g/mol. The van der Waals surface area contributed by atoms with Crippen molar-refractivity contribution in [3.63, 3.8) is 0 Å². The van der Waals surface area contributed by atoms with Crippen LogP contribution in [0.4, 0.5) is 17.3 Å². The summed E-state index contributed by atoms with van der Waals surface area (Å²) in [5, 5.41) is 12.9. The van der Waals surface area contributed by atoms with Gasteiger partial charge in [-0.15, -0.1) is 0 Å². The fourth-order valence-electron chi connectivity index (χ4n) is 4.27. The van der Waals surface area contributed by atoms with E-state index in [9.17, 15) is 13.5 Å². The van der Waals surface area contributed by atoms with E-state index in [1.807, 2.05) is 24.4 Å². The highest BCUT2D eigenvalue weighted by molar-refractivity contribution is 7.91. The highest BCUT2D eigenvalue weighted by Gasteiger charge is 2.19. The zero-order chi connectivity index (χ0) is 24.4. The van der Waals surface area contributed by atoms with Crippen molar-refractivity contribution in [1.29, 1.82) is 0 Å². The van der Waals surface area contributed by atoms with Crippen molar-refractivity contribution in [3.8, 4) is 0 Å². The lowest BCUT2D eigenvalue weighted by Gasteiger charge is -2.30. The van der Waals surface area contributed by atoms with Crippen molar-refractivity contribution in [2.75, 3.05) is 29.1 Å². The van der Waals surface area contributed by atoms with E-state index in [-0.39, 0.29) is 16.8 Å². The predicted molar refractivity (Wildman–Crippen MR) is 136 cm³/mol. The molecule has 1 fully saturated rings. The molecule has 0 unspecified atom stereocenters. The molecular formula is C25H28N6O3S. The van der Waals surface area contributed by atoms with Gasteiger partial charge >= 0.3 is 0 Å². The number of aliphatic hydroxyl groups excluding tert-OH is 1. The Morgan fingerprint density at radius 3 is 2.66 bits per heavy atom. The van der Waals surface area contributed by atoms with Crippen molar-refractivity contribution in [2.24, 2.45) is 0 Å². The third kappa shape index (κ3) is 4.98. The van der Waals surface area contributed by atoms with E-state index in [0.717, 1.165) is 42.8 Å². The van der Waals surface area contributed by atoms with Crippen LogP contribution in [0.25, 0.3) is 11.0 Å². The number of piperidine rings is 1. The molecule has 1 aromatic carbocycles. The molecule has 4 aromatic rings. The molecular weight excluding hydrogens is 464 g/mol. The van der Waals surface area contributed by atoms with Crippen LogP contribution in [0, 0.1) is 0 Å². The van der Waals surface area contributed by atoms with E-state index in [1.165, 1.54) is 0 Å². The van der Waals surface area contributed by atoms with Gasteiger partial charge in [0.15, 0.2) is 15.7 Å². The third-order valence-corrected chi connectivity index (χ3v) is 8.05. The van der Waals surface area contributed by atoms with Crippen molar-refractivity contribution in [3.05, 3.63) is 66.2 Å². The Labute approximate surface area is 204 Å². The van der Waals surface area contributed by atoms with Gasteiger partial charge in [-0.1, -0.05) is 25.1 Å². The summed E-state index contributed by atoms with van der Waals surface area (Å²) >= 11 is 0. The number of aromatic amines is 1. The van der Waals surface area contributed by atoms with E-state index >= 15 is 0 Å². The number of anilines is 3. The summed E-state index contributed by atoms with van der Waals surface area (Å²) in [6.07, 6.45) is 5.40. The number of H-pyrrole nitrogens is 1. The van der Waals surface area contributed by atoms with E-state index < -0.39 is 9.84 Å². The Morgan fingerprint density at radius 1 is 1.11 bits per heavy atom.